The Kier molecular flexibility index (Phi) is 5.89. The van der Waals surface area contributed by atoms with E-state index < -0.39 is 5.97 Å². The molecule has 4 fully saturated rings. The van der Waals surface area contributed by atoms with Crippen LogP contribution in [0.4, 0.5) is 0 Å². The van der Waals surface area contributed by atoms with Gasteiger partial charge in [-0.3, -0.25) is 4.79 Å². The van der Waals surface area contributed by atoms with Gasteiger partial charge in [0.05, 0.1) is 12.2 Å². The van der Waals surface area contributed by atoms with Crippen molar-refractivity contribution in [3.8, 4) is 0 Å². The Hall–Kier alpha value is -0.870. The van der Waals surface area contributed by atoms with Crippen LogP contribution in [0, 0.1) is 46.3 Å². The van der Waals surface area contributed by atoms with E-state index >= 15 is 0 Å². The minimum absolute atomic E-state index is 0.180. The lowest BCUT2D eigenvalue weighted by atomic mass is 9.42. The fourth-order valence-corrected chi connectivity index (χ4v) is 9.00. The summed E-state index contributed by atoms with van der Waals surface area (Å²) in [4.78, 5) is 11.1. The number of rotatable bonds is 4. The summed E-state index contributed by atoms with van der Waals surface area (Å²) >= 11 is 0. The molecule has 0 heterocycles. The van der Waals surface area contributed by atoms with Gasteiger partial charge in [-0.2, -0.15) is 0 Å². The molecule has 4 nitrogen and oxygen atoms in total. The van der Waals surface area contributed by atoms with Crippen molar-refractivity contribution in [2.24, 2.45) is 46.3 Å². The number of allylic oxidation sites excluding steroid dienone is 1. The topological polar surface area (TPSA) is 77.8 Å². The molecule has 0 aromatic heterocycles. The molecule has 4 aliphatic rings. The van der Waals surface area contributed by atoms with Gasteiger partial charge in [0.1, 0.15) is 0 Å². The van der Waals surface area contributed by atoms with Gasteiger partial charge in [-0.15, -0.1) is 0 Å². The molecule has 4 rings (SSSR count). The smallest absolute Gasteiger partial charge is 0.303 e. The van der Waals surface area contributed by atoms with Gasteiger partial charge in [-0.05, 0) is 110 Å². The van der Waals surface area contributed by atoms with Crippen LogP contribution in [0.2, 0.25) is 0 Å². The third-order valence-electron chi connectivity index (χ3n) is 10.5. The van der Waals surface area contributed by atoms with Gasteiger partial charge >= 0.3 is 5.97 Å². The van der Waals surface area contributed by atoms with Crippen molar-refractivity contribution in [1.29, 1.82) is 0 Å². The first-order chi connectivity index (χ1) is 14.1. The summed E-state index contributed by atoms with van der Waals surface area (Å²) in [6, 6.07) is 0. The average molecular weight is 419 g/mol. The highest BCUT2D eigenvalue weighted by molar-refractivity contribution is 5.66. The molecule has 4 heteroatoms. The lowest BCUT2D eigenvalue weighted by Crippen LogP contribution is -2.59. The second-order valence-corrected chi connectivity index (χ2v) is 11.6. The first-order valence-corrected chi connectivity index (χ1v) is 12.4. The van der Waals surface area contributed by atoms with Crippen molar-refractivity contribution in [3.63, 3.8) is 0 Å². The van der Waals surface area contributed by atoms with Crippen molar-refractivity contribution in [1.82, 2.24) is 0 Å². The zero-order valence-corrected chi connectivity index (χ0v) is 19.3. The largest absolute Gasteiger partial charge is 0.481 e. The molecule has 0 aromatic rings. The van der Waals surface area contributed by atoms with E-state index in [4.69, 9.17) is 5.11 Å². The summed E-state index contributed by atoms with van der Waals surface area (Å²) in [7, 11) is 0. The Morgan fingerprint density at radius 3 is 2.43 bits per heavy atom. The molecule has 0 bridgehead atoms. The third-order valence-corrected chi connectivity index (χ3v) is 10.5. The Morgan fingerprint density at radius 1 is 1.10 bits per heavy atom. The molecule has 170 valence electrons. The van der Waals surface area contributed by atoms with Gasteiger partial charge in [0.25, 0.3) is 0 Å². The molecule has 0 spiro atoms. The van der Waals surface area contributed by atoms with Crippen LogP contribution in [0.3, 0.4) is 0 Å². The van der Waals surface area contributed by atoms with Crippen LogP contribution in [-0.4, -0.2) is 33.5 Å². The van der Waals surface area contributed by atoms with E-state index in [0.717, 1.165) is 38.5 Å². The summed E-state index contributed by atoms with van der Waals surface area (Å²) in [6.07, 6.45) is 9.99. The molecule has 10 atom stereocenters. The summed E-state index contributed by atoms with van der Waals surface area (Å²) in [5.41, 5.74) is 1.57. The van der Waals surface area contributed by atoms with Crippen LogP contribution in [0.15, 0.2) is 11.6 Å². The maximum atomic E-state index is 11.6. The second-order valence-electron chi connectivity index (χ2n) is 11.6. The minimum Gasteiger partial charge on any atom is -0.481 e. The molecule has 4 aliphatic carbocycles. The quantitative estimate of drug-likeness (QED) is 0.559. The van der Waals surface area contributed by atoms with Crippen LogP contribution in [-0.2, 0) is 4.79 Å². The number of aliphatic hydroxyl groups is 2. The highest BCUT2D eigenvalue weighted by Gasteiger charge is 2.63. The SMILES string of the molecule is C/C=C1/C(O)C2C(CC[C@@]3(C)C2CC[C@@H]3[C@H](C)CCC(=O)O)[C@@]2(C)CC[C@@H](O)CC12. The molecule has 30 heavy (non-hydrogen) atoms. The molecule has 0 radical (unpaired) electrons. The maximum Gasteiger partial charge on any atom is 0.303 e. The highest BCUT2D eigenvalue weighted by atomic mass is 16.4. The van der Waals surface area contributed by atoms with Gasteiger partial charge < -0.3 is 15.3 Å². The molecule has 0 amide bonds. The van der Waals surface area contributed by atoms with Gasteiger partial charge in [-0.25, -0.2) is 0 Å². The van der Waals surface area contributed by atoms with E-state index in [-0.39, 0.29) is 29.5 Å². The number of carbonyl (C=O) groups is 1. The number of hydrogen-bond acceptors (Lipinski definition) is 3. The van der Waals surface area contributed by atoms with Crippen LogP contribution in [0.5, 0.6) is 0 Å². The lowest BCUT2D eigenvalue weighted by molar-refractivity contribution is -0.147. The molecular weight excluding hydrogens is 376 g/mol. The summed E-state index contributed by atoms with van der Waals surface area (Å²) < 4.78 is 0. The summed E-state index contributed by atoms with van der Waals surface area (Å²) in [5.74, 6) is 1.94. The van der Waals surface area contributed by atoms with Crippen LogP contribution in [0.1, 0.15) is 85.5 Å². The predicted octanol–water partition coefficient (Wildman–Crippen LogP) is 5.03. The number of hydrogen-bond donors (Lipinski definition) is 3. The molecule has 0 aliphatic heterocycles. The molecule has 0 aromatic carbocycles. The van der Waals surface area contributed by atoms with E-state index in [2.05, 4.69) is 33.8 Å². The highest BCUT2D eigenvalue weighted by Crippen LogP contribution is 2.69. The van der Waals surface area contributed by atoms with Crippen molar-refractivity contribution < 1.29 is 20.1 Å². The fraction of sp³-hybridized carbons (Fsp3) is 0.885. The normalized spacial score (nSPS) is 50.5. The lowest BCUT2D eigenvalue weighted by Gasteiger charge is -2.63. The number of fused-ring (bicyclic) bond motifs is 5. The Balaban J connectivity index is 1.63. The van der Waals surface area contributed by atoms with Crippen molar-refractivity contribution in [3.05, 3.63) is 11.6 Å². The second kappa shape index (κ2) is 7.92. The number of carboxylic acids is 1. The molecule has 5 unspecified atom stereocenters. The predicted molar refractivity (Wildman–Crippen MR) is 118 cm³/mol. The molecule has 4 saturated carbocycles. The molecule has 0 saturated heterocycles. The average Bonchev–Trinajstić information content (AvgIpc) is 3.05. The van der Waals surface area contributed by atoms with Gasteiger partial charge in [0, 0.05) is 6.42 Å². The fourth-order valence-electron chi connectivity index (χ4n) is 9.00. The Morgan fingerprint density at radius 2 is 1.77 bits per heavy atom. The van der Waals surface area contributed by atoms with Crippen LogP contribution < -0.4 is 0 Å². The Labute approximate surface area is 182 Å². The minimum atomic E-state index is -0.691. The van der Waals surface area contributed by atoms with E-state index in [0.29, 0.717) is 35.5 Å². The molecule has 3 N–H and O–H groups in total. The third kappa shape index (κ3) is 3.28. The van der Waals surface area contributed by atoms with Crippen LogP contribution in [0.25, 0.3) is 0 Å². The number of carboxylic acid groups (broad SMARTS) is 1. The van der Waals surface area contributed by atoms with Gasteiger partial charge in [0.15, 0.2) is 0 Å². The Bertz CT molecular complexity index is 701. The first kappa shape index (κ1) is 22.3. The molecular formula is C26H42O4. The summed E-state index contributed by atoms with van der Waals surface area (Å²) in [6.45, 7) is 9.21. The van der Waals surface area contributed by atoms with E-state index in [1.54, 1.807) is 0 Å². The van der Waals surface area contributed by atoms with E-state index in [1.165, 1.54) is 18.4 Å². The van der Waals surface area contributed by atoms with E-state index in [1.807, 2.05) is 0 Å². The first-order valence-electron chi connectivity index (χ1n) is 12.4. The standard InChI is InChI=1S/C26H42O4/c1-5-17-21-14-16(27)10-12-26(21,4)20-11-13-25(3)18(15(2)6-9-22(28)29)7-8-19(25)23(20)24(17)30/h5,15-16,18-21,23-24,27,30H,6-14H2,1-4H3,(H,28,29)/b17-5+/t15-,16-,18-,19?,20?,21?,23?,24?,25-,26-/m1/s1. The maximum absolute atomic E-state index is 11.6. The van der Waals surface area contributed by atoms with E-state index in [9.17, 15) is 15.0 Å². The number of aliphatic hydroxyl groups excluding tert-OH is 2. The van der Waals surface area contributed by atoms with Crippen molar-refractivity contribution >= 4 is 5.97 Å². The monoisotopic (exact) mass is 418 g/mol. The summed E-state index contributed by atoms with van der Waals surface area (Å²) in [5, 5.41) is 31.2. The van der Waals surface area contributed by atoms with Crippen molar-refractivity contribution in [2.45, 2.75) is 97.7 Å². The number of aliphatic carboxylic acids is 1. The zero-order chi connectivity index (χ0) is 21.8. The van der Waals surface area contributed by atoms with Crippen molar-refractivity contribution in [2.75, 3.05) is 0 Å². The van der Waals surface area contributed by atoms with Gasteiger partial charge in [-0.1, -0.05) is 26.8 Å². The zero-order valence-electron chi connectivity index (χ0n) is 19.3. The van der Waals surface area contributed by atoms with Crippen LogP contribution >= 0.6 is 0 Å². The van der Waals surface area contributed by atoms with Gasteiger partial charge in [0.2, 0.25) is 0 Å².